The van der Waals surface area contributed by atoms with E-state index in [0.717, 1.165) is 17.8 Å². The highest BCUT2D eigenvalue weighted by Gasteiger charge is 2.20. The SMILES string of the molecule is CCC1C=C2CCC(CC2)CC(C)CCCC1. The molecule has 0 aromatic heterocycles. The molecule has 0 aromatic rings. The Bertz CT molecular complexity index is 241. The Morgan fingerprint density at radius 3 is 2.47 bits per heavy atom. The van der Waals surface area contributed by atoms with Crippen molar-refractivity contribution in [3.05, 3.63) is 11.6 Å². The van der Waals surface area contributed by atoms with Crippen LogP contribution in [-0.4, -0.2) is 0 Å². The van der Waals surface area contributed by atoms with Gasteiger partial charge in [0, 0.05) is 0 Å². The van der Waals surface area contributed by atoms with Gasteiger partial charge in [0.15, 0.2) is 0 Å². The van der Waals surface area contributed by atoms with E-state index >= 15 is 0 Å². The first-order chi connectivity index (χ1) is 8.28. The van der Waals surface area contributed by atoms with Gasteiger partial charge in [-0.2, -0.15) is 0 Å². The first kappa shape index (κ1) is 13.2. The summed E-state index contributed by atoms with van der Waals surface area (Å²) in [6.45, 7) is 4.84. The standard InChI is InChI=1S/C17H30/c1-3-15-7-5-4-6-14(2)12-16-8-10-17(13-15)11-9-16/h13-16H,3-12H2,1-2H3. The van der Waals surface area contributed by atoms with Crippen molar-refractivity contribution in [3.63, 3.8) is 0 Å². The second-order valence-corrected chi connectivity index (χ2v) is 6.56. The topological polar surface area (TPSA) is 0 Å². The van der Waals surface area contributed by atoms with E-state index in [4.69, 9.17) is 0 Å². The number of hydrogen-bond donors (Lipinski definition) is 0. The second-order valence-electron chi connectivity index (χ2n) is 6.56. The van der Waals surface area contributed by atoms with Crippen LogP contribution in [0.15, 0.2) is 11.6 Å². The van der Waals surface area contributed by atoms with E-state index in [-0.39, 0.29) is 0 Å². The van der Waals surface area contributed by atoms with Gasteiger partial charge in [-0.05, 0) is 62.7 Å². The third kappa shape index (κ3) is 4.16. The summed E-state index contributed by atoms with van der Waals surface area (Å²) in [5.74, 6) is 2.91. The molecule has 0 saturated heterocycles. The molecule has 0 heterocycles. The molecule has 0 N–H and O–H groups in total. The summed E-state index contributed by atoms with van der Waals surface area (Å²) in [7, 11) is 0. The number of allylic oxidation sites excluding steroid dienone is 2. The fourth-order valence-corrected chi connectivity index (χ4v) is 3.78. The van der Waals surface area contributed by atoms with Crippen molar-refractivity contribution in [3.8, 4) is 0 Å². The third-order valence-electron chi connectivity index (χ3n) is 5.00. The first-order valence-electron chi connectivity index (χ1n) is 7.97. The largest absolute Gasteiger partial charge is 0.0822 e. The summed E-state index contributed by atoms with van der Waals surface area (Å²) in [6, 6.07) is 0. The molecule has 1 fully saturated rings. The Labute approximate surface area is 108 Å². The minimum atomic E-state index is 0.885. The molecule has 3 aliphatic carbocycles. The summed E-state index contributed by atoms with van der Waals surface area (Å²) in [4.78, 5) is 0. The lowest BCUT2D eigenvalue weighted by atomic mass is 9.78. The van der Waals surface area contributed by atoms with E-state index in [2.05, 4.69) is 19.9 Å². The van der Waals surface area contributed by atoms with Crippen LogP contribution < -0.4 is 0 Å². The Kier molecular flexibility index (Phi) is 5.13. The van der Waals surface area contributed by atoms with E-state index in [0.29, 0.717) is 0 Å². The van der Waals surface area contributed by atoms with Gasteiger partial charge in [0.1, 0.15) is 0 Å². The van der Waals surface area contributed by atoms with Gasteiger partial charge in [0.25, 0.3) is 0 Å². The molecule has 2 unspecified atom stereocenters. The molecule has 0 aliphatic heterocycles. The average Bonchev–Trinajstić information content (AvgIpc) is 2.33. The second kappa shape index (κ2) is 6.61. The fourth-order valence-electron chi connectivity index (χ4n) is 3.78. The molecular weight excluding hydrogens is 204 g/mol. The van der Waals surface area contributed by atoms with Crippen LogP contribution in [0.4, 0.5) is 0 Å². The zero-order valence-corrected chi connectivity index (χ0v) is 11.9. The lowest BCUT2D eigenvalue weighted by molar-refractivity contribution is 0.305. The van der Waals surface area contributed by atoms with Gasteiger partial charge in [-0.1, -0.05) is 44.8 Å². The normalized spacial score (nSPS) is 35.9. The van der Waals surface area contributed by atoms with Crippen molar-refractivity contribution in [2.75, 3.05) is 0 Å². The van der Waals surface area contributed by atoms with Crippen LogP contribution in [0.1, 0.15) is 78.1 Å². The van der Waals surface area contributed by atoms with E-state index < -0.39 is 0 Å². The number of fused-ring (bicyclic) bond motifs is 9. The Morgan fingerprint density at radius 1 is 1.06 bits per heavy atom. The molecule has 0 amide bonds. The van der Waals surface area contributed by atoms with Crippen LogP contribution >= 0.6 is 0 Å². The number of rotatable bonds is 1. The van der Waals surface area contributed by atoms with Crippen molar-refractivity contribution in [2.45, 2.75) is 78.1 Å². The van der Waals surface area contributed by atoms with Gasteiger partial charge in [0.05, 0.1) is 0 Å². The highest BCUT2D eigenvalue weighted by atomic mass is 14.3. The molecule has 0 heteroatoms. The van der Waals surface area contributed by atoms with Crippen molar-refractivity contribution >= 4 is 0 Å². The first-order valence-corrected chi connectivity index (χ1v) is 7.97. The molecule has 1 saturated carbocycles. The molecule has 0 spiro atoms. The van der Waals surface area contributed by atoms with Crippen molar-refractivity contribution in [1.29, 1.82) is 0 Å². The minimum absolute atomic E-state index is 0.885. The molecule has 2 atom stereocenters. The molecule has 0 radical (unpaired) electrons. The summed E-state index contributed by atoms with van der Waals surface area (Å²) in [6.07, 6.45) is 17.1. The van der Waals surface area contributed by atoms with Crippen LogP contribution in [-0.2, 0) is 0 Å². The highest BCUT2D eigenvalue weighted by Crippen LogP contribution is 2.35. The lowest BCUT2D eigenvalue weighted by Gasteiger charge is -2.28. The Balaban J connectivity index is 2.00. The molecule has 3 rings (SSSR count). The maximum absolute atomic E-state index is 2.65. The molecule has 0 aromatic carbocycles. The maximum Gasteiger partial charge on any atom is -0.0233 e. The van der Waals surface area contributed by atoms with E-state index in [1.54, 1.807) is 5.57 Å². The predicted molar refractivity (Wildman–Crippen MR) is 76.1 cm³/mol. The zero-order valence-electron chi connectivity index (χ0n) is 11.9. The summed E-state index contributed by atoms with van der Waals surface area (Å²) in [5.41, 5.74) is 1.79. The number of hydrogen-bond acceptors (Lipinski definition) is 0. The lowest BCUT2D eigenvalue weighted by Crippen LogP contribution is -2.13. The van der Waals surface area contributed by atoms with Crippen molar-refractivity contribution in [2.24, 2.45) is 17.8 Å². The van der Waals surface area contributed by atoms with E-state index in [1.165, 1.54) is 64.2 Å². The van der Waals surface area contributed by atoms with Gasteiger partial charge in [-0.3, -0.25) is 0 Å². The fraction of sp³-hybridized carbons (Fsp3) is 0.882. The molecule has 0 nitrogen and oxygen atoms in total. The maximum atomic E-state index is 2.65. The summed E-state index contributed by atoms with van der Waals surface area (Å²) in [5, 5.41) is 0. The van der Waals surface area contributed by atoms with Gasteiger partial charge < -0.3 is 0 Å². The predicted octanol–water partition coefficient (Wildman–Crippen LogP) is 5.73. The molecule has 3 aliphatic rings. The summed E-state index contributed by atoms with van der Waals surface area (Å²) < 4.78 is 0. The Morgan fingerprint density at radius 2 is 1.76 bits per heavy atom. The van der Waals surface area contributed by atoms with Crippen LogP contribution in [0, 0.1) is 17.8 Å². The molecular formula is C17H30. The highest BCUT2D eigenvalue weighted by molar-refractivity contribution is 5.07. The zero-order chi connectivity index (χ0) is 12.1. The van der Waals surface area contributed by atoms with Crippen LogP contribution in [0.2, 0.25) is 0 Å². The van der Waals surface area contributed by atoms with Crippen LogP contribution in [0.5, 0.6) is 0 Å². The quantitative estimate of drug-likeness (QED) is 0.508. The molecule has 17 heavy (non-hydrogen) atoms. The van der Waals surface area contributed by atoms with Crippen LogP contribution in [0.25, 0.3) is 0 Å². The van der Waals surface area contributed by atoms with Gasteiger partial charge >= 0.3 is 0 Å². The molecule has 2 bridgehead atoms. The summed E-state index contributed by atoms with van der Waals surface area (Å²) >= 11 is 0. The van der Waals surface area contributed by atoms with Gasteiger partial charge in [-0.15, -0.1) is 0 Å². The van der Waals surface area contributed by atoms with Gasteiger partial charge in [-0.25, -0.2) is 0 Å². The Hall–Kier alpha value is -0.260. The van der Waals surface area contributed by atoms with Crippen LogP contribution in [0.3, 0.4) is 0 Å². The monoisotopic (exact) mass is 234 g/mol. The van der Waals surface area contributed by atoms with E-state index in [9.17, 15) is 0 Å². The van der Waals surface area contributed by atoms with Crippen molar-refractivity contribution < 1.29 is 0 Å². The van der Waals surface area contributed by atoms with Gasteiger partial charge in [0.2, 0.25) is 0 Å². The smallest absolute Gasteiger partial charge is 0.0233 e. The minimum Gasteiger partial charge on any atom is -0.0822 e. The van der Waals surface area contributed by atoms with E-state index in [1.807, 2.05) is 0 Å². The molecule has 98 valence electrons. The third-order valence-corrected chi connectivity index (χ3v) is 5.00. The average molecular weight is 234 g/mol. The van der Waals surface area contributed by atoms with Crippen molar-refractivity contribution in [1.82, 2.24) is 0 Å².